The van der Waals surface area contributed by atoms with Crippen molar-refractivity contribution in [3.8, 4) is 5.75 Å². The van der Waals surface area contributed by atoms with Crippen molar-refractivity contribution in [2.45, 2.75) is 19.3 Å². The highest BCUT2D eigenvalue weighted by atomic mass is 35.5. The SMILES string of the molecule is CSCCCCNC(=O)Cc1ccc(O)cc1Cl. The van der Waals surface area contributed by atoms with Gasteiger partial charge in [-0.15, -0.1) is 0 Å². The summed E-state index contributed by atoms with van der Waals surface area (Å²) in [5, 5.41) is 12.5. The van der Waals surface area contributed by atoms with Crippen LogP contribution in [0.15, 0.2) is 18.2 Å². The highest BCUT2D eigenvalue weighted by Gasteiger charge is 2.07. The number of aromatic hydroxyl groups is 1. The van der Waals surface area contributed by atoms with Crippen molar-refractivity contribution >= 4 is 29.3 Å². The number of benzene rings is 1. The maximum absolute atomic E-state index is 11.6. The Labute approximate surface area is 117 Å². The van der Waals surface area contributed by atoms with E-state index in [0.29, 0.717) is 11.6 Å². The fourth-order valence-electron chi connectivity index (χ4n) is 1.51. The lowest BCUT2D eigenvalue weighted by molar-refractivity contribution is -0.120. The van der Waals surface area contributed by atoms with Gasteiger partial charge in [0, 0.05) is 11.6 Å². The molecule has 1 aromatic rings. The smallest absolute Gasteiger partial charge is 0.224 e. The van der Waals surface area contributed by atoms with E-state index in [9.17, 15) is 9.90 Å². The normalized spacial score (nSPS) is 10.3. The fourth-order valence-corrected chi connectivity index (χ4v) is 2.25. The van der Waals surface area contributed by atoms with Crippen LogP contribution in [-0.4, -0.2) is 29.6 Å². The van der Waals surface area contributed by atoms with E-state index in [1.54, 1.807) is 6.07 Å². The monoisotopic (exact) mass is 287 g/mol. The minimum atomic E-state index is -0.0354. The average Bonchev–Trinajstić information content (AvgIpc) is 2.32. The number of nitrogens with one attached hydrogen (secondary N) is 1. The Morgan fingerprint density at radius 3 is 2.89 bits per heavy atom. The second-order valence-electron chi connectivity index (χ2n) is 4.00. The molecule has 0 aromatic heterocycles. The third-order valence-electron chi connectivity index (χ3n) is 2.49. The van der Waals surface area contributed by atoms with Gasteiger partial charge in [-0.25, -0.2) is 0 Å². The van der Waals surface area contributed by atoms with E-state index in [0.717, 1.165) is 24.2 Å². The van der Waals surface area contributed by atoms with E-state index >= 15 is 0 Å². The lowest BCUT2D eigenvalue weighted by atomic mass is 10.1. The molecule has 1 amide bonds. The van der Waals surface area contributed by atoms with E-state index in [1.807, 2.05) is 11.8 Å². The number of carbonyl (C=O) groups excluding carboxylic acids is 1. The molecule has 1 aromatic carbocycles. The molecule has 100 valence electrons. The largest absolute Gasteiger partial charge is 0.508 e. The number of rotatable bonds is 7. The first kappa shape index (κ1) is 15.2. The van der Waals surface area contributed by atoms with Crippen LogP contribution in [0.4, 0.5) is 0 Å². The van der Waals surface area contributed by atoms with Crippen LogP contribution in [0.1, 0.15) is 18.4 Å². The maximum atomic E-state index is 11.6. The minimum Gasteiger partial charge on any atom is -0.508 e. The number of phenolic OH excluding ortho intramolecular Hbond substituents is 1. The van der Waals surface area contributed by atoms with Gasteiger partial charge >= 0.3 is 0 Å². The van der Waals surface area contributed by atoms with Gasteiger partial charge in [-0.2, -0.15) is 11.8 Å². The maximum Gasteiger partial charge on any atom is 0.224 e. The van der Waals surface area contributed by atoms with Crippen LogP contribution in [-0.2, 0) is 11.2 Å². The Morgan fingerprint density at radius 1 is 1.44 bits per heavy atom. The van der Waals surface area contributed by atoms with Crippen molar-refractivity contribution < 1.29 is 9.90 Å². The van der Waals surface area contributed by atoms with Crippen molar-refractivity contribution in [1.29, 1.82) is 0 Å². The van der Waals surface area contributed by atoms with Crippen LogP contribution < -0.4 is 5.32 Å². The van der Waals surface area contributed by atoms with Gasteiger partial charge in [-0.3, -0.25) is 4.79 Å². The number of carbonyl (C=O) groups is 1. The molecule has 0 spiro atoms. The van der Waals surface area contributed by atoms with E-state index in [2.05, 4.69) is 11.6 Å². The molecule has 3 nitrogen and oxygen atoms in total. The molecule has 0 bridgehead atoms. The number of hydrogen-bond donors (Lipinski definition) is 2. The van der Waals surface area contributed by atoms with Gasteiger partial charge in [-0.1, -0.05) is 17.7 Å². The Hall–Kier alpha value is -0.870. The Bertz CT molecular complexity index is 399. The molecule has 0 saturated carbocycles. The van der Waals surface area contributed by atoms with E-state index in [4.69, 9.17) is 11.6 Å². The summed E-state index contributed by atoms with van der Waals surface area (Å²) in [4.78, 5) is 11.6. The van der Waals surface area contributed by atoms with Crippen molar-refractivity contribution in [3.63, 3.8) is 0 Å². The minimum absolute atomic E-state index is 0.0354. The van der Waals surface area contributed by atoms with Crippen molar-refractivity contribution in [2.24, 2.45) is 0 Å². The van der Waals surface area contributed by atoms with Gasteiger partial charge in [0.25, 0.3) is 0 Å². The van der Waals surface area contributed by atoms with Gasteiger partial charge in [0.15, 0.2) is 0 Å². The molecular weight excluding hydrogens is 270 g/mol. The summed E-state index contributed by atoms with van der Waals surface area (Å²) < 4.78 is 0. The number of phenols is 1. The standard InChI is InChI=1S/C13H18ClNO2S/c1-18-7-3-2-6-15-13(17)8-10-4-5-11(16)9-12(10)14/h4-5,9,16H,2-3,6-8H2,1H3,(H,15,17). The van der Waals surface area contributed by atoms with Crippen molar-refractivity contribution in [3.05, 3.63) is 28.8 Å². The summed E-state index contributed by atoms with van der Waals surface area (Å²) in [5.41, 5.74) is 0.732. The van der Waals surface area contributed by atoms with Gasteiger partial charge in [0.2, 0.25) is 5.91 Å². The molecule has 0 fully saturated rings. The molecule has 5 heteroatoms. The zero-order valence-corrected chi connectivity index (χ0v) is 12.0. The first-order chi connectivity index (χ1) is 8.63. The lowest BCUT2D eigenvalue weighted by Crippen LogP contribution is -2.26. The summed E-state index contributed by atoms with van der Waals surface area (Å²) >= 11 is 7.75. The molecule has 0 aliphatic heterocycles. The number of thioether (sulfide) groups is 1. The quantitative estimate of drug-likeness (QED) is 0.758. The van der Waals surface area contributed by atoms with E-state index < -0.39 is 0 Å². The summed E-state index contributed by atoms with van der Waals surface area (Å²) in [6.45, 7) is 0.703. The highest BCUT2D eigenvalue weighted by Crippen LogP contribution is 2.21. The molecule has 0 unspecified atom stereocenters. The molecule has 0 aliphatic carbocycles. The summed E-state index contributed by atoms with van der Waals surface area (Å²) in [6, 6.07) is 4.65. The van der Waals surface area contributed by atoms with E-state index in [-0.39, 0.29) is 18.1 Å². The predicted molar refractivity (Wildman–Crippen MR) is 77.4 cm³/mol. The molecule has 2 N–H and O–H groups in total. The molecule has 0 aliphatic rings. The first-order valence-electron chi connectivity index (χ1n) is 5.86. The molecule has 0 atom stereocenters. The van der Waals surface area contributed by atoms with Gasteiger partial charge in [0.05, 0.1) is 6.42 Å². The number of halogens is 1. The summed E-state index contributed by atoms with van der Waals surface area (Å²) in [5.74, 6) is 1.20. The van der Waals surface area contributed by atoms with Crippen LogP contribution in [0, 0.1) is 0 Å². The van der Waals surface area contributed by atoms with Crippen LogP contribution >= 0.6 is 23.4 Å². The predicted octanol–water partition coefficient (Wildman–Crippen LogP) is 2.85. The van der Waals surface area contributed by atoms with Gasteiger partial charge in [-0.05, 0) is 42.5 Å². The molecule has 1 rings (SSSR count). The molecular formula is C13H18ClNO2S. The lowest BCUT2D eigenvalue weighted by Gasteiger charge is -2.06. The van der Waals surface area contributed by atoms with Crippen LogP contribution in [0.5, 0.6) is 5.75 Å². The van der Waals surface area contributed by atoms with E-state index in [1.165, 1.54) is 12.1 Å². The van der Waals surface area contributed by atoms with Gasteiger partial charge in [0.1, 0.15) is 5.75 Å². The second-order valence-corrected chi connectivity index (χ2v) is 5.40. The third-order valence-corrected chi connectivity index (χ3v) is 3.53. The van der Waals surface area contributed by atoms with Gasteiger partial charge < -0.3 is 10.4 Å². The van der Waals surface area contributed by atoms with Crippen molar-refractivity contribution in [1.82, 2.24) is 5.32 Å². The molecule has 0 heterocycles. The third kappa shape index (κ3) is 5.65. The fraction of sp³-hybridized carbons (Fsp3) is 0.462. The highest BCUT2D eigenvalue weighted by molar-refractivity contribution is 7.98. The summed E-state index contributed by atoms with van der Waals surface area (Å²) in [6.07, 6.45) is 4.43. The number of hydrogen-bond acceptors (Lipinski definition) is 3. The number of unbranched alkanes of at least 4 members (excludes halogenated alkanes) is 1. The summed E-state index contributed by atoms with van der Waals surface area (Å²) in [7, 11) is 0. The van der Waals surface area contributed by atoms with Crippen LogP contribution in [0.3, 0.4) is 0 Å². The Morgan fingerprint density at radius 2 is 2.22 bits per heavy atom. The zero-order chi connectivity index (χ0) is 13.4. The molecule has 18 heavy (non-hydrogen) atoms. The Balaban J connectivity index is 2.31. The Kier molecular flexibility index (Phi) is 6.98. The first-order valence-corrected chi connectivity index (χ1v) is 7.63. The van der Waals surface area contributed by atoms with Crippen molar-refractivity contribution in [2.75, 3.05) is 18.6 Å². The van der Waals surface area contributed by atoms with Crippen LogP contribution in [0.25, 0.3) is 0 Å². The second kappa shape index (κ2) is 8.27. The number of amides is 1. The zero-order valence-electron chi connectivity index (χ0n) is 10.4. The molecule has 0 radical (unpaired) electrons. The average molecular weight is 288 g/mol. The molecule has 0 saturated heterocycles. The van der Waals surface area contributed by atoms with Crippen LogP contribution in [0.2, 0.25) is 5.02 Å². The topological polar surface area (TPSA) is 49.3 Å².